The second-order valence-electron chi connectivity index (χ2n) is 4.66. The van der Waals surface area contributed by atoms with Gasteiger partial charge in [0.25, 0.3) is 0 Å². The monoisotopic (exact) mass is 625 g/mol. The van der Waals surface area contributed by atoms with Crippen molar-refractivity contribution in [2.75, 3.05) is 7.11 Å². The number of carbonyl (C=O) groups excluding carboxylic acids is 3. The first-order valence-corrected chi connectivity index (χ1v) is 8.41. The zero-order chi connectivity index (χ0) is 21.4. The number of benzene rings is 1. The molecule has 14 heteroatoms. The van der Waals surface area contributed by atoms with E-state index in [1.807, 2.05) is 0 Å². The van der Waals surface area contributed by atoms with Crippen molar-refractivity contribution in [2.24, 2.45) is 0 Å². The molecule has 150 valence electrons. The first-order valence-electron chi connectivity index (χ1n) is 6.25. The smallest absolute Gasteiger partial charge is 0.411 e. The summed E-state index contributed by atoms with van der Waals surface area (Å²) in [5.74, 6) is -28.5. The number of halogens is 8. The molecule has 0 unspecified atom stereocenters. The minimum Gasteiger partial charge on any atom is -0.544 e. The Morgan fingerprint density at radius 3 is 1.96 bits per heavy atom. The highest BCUT2D eigenvalue weighted by Crippen LogP contribution is 2.46. The summed E-state index contributed by atoms with van der Waals surface area (Å²) < 4.78 is 88.4. The molecule has 0 saturated carbocycles. The van der Waals surface area contributed by atoms with Gasteiger partial charge in [0.1, 0.15) is 11.5 Å². The van der Waals surface area contributed by atoms with Crippen LogP contribution in [0.25, 0.3) is 0 Å². The van der Waals surface area contributed by atoms with Gasteiger partial charge in [0.05, 0.1) is 10.7 Å². The molecule has 0 atom stereocenters. The maximum atomic E-state index is 13.6. The van der Waals surface area contributed by atoms with Crippen LogP contribution in [0, 0.1) is 7.14 Å². The van der Waals surface area contributed by atoms with E-state index in [2.05, 4.69) is 9.47 Å². The van der Waals surface area contributed by atoms with Crippen LogP contribution in [0.15, 0.2) is 12.1 Å². The summed E-state index contributed by atoms with van der Waals surface area (Å²) in [6, 6.07) is 2.17. The van der Waals surface area contributed by atoms with Gasteiger partial charge in [-0.15, -0.1) is 0 Å². The molecule has 0 amide bonds. The number of carboxylic acids is 1. The maximum Gasteiger partial charge on any atom is 0.411 e. The molecule has 0 heterocycles. The minimum atomic E-state index is -6.68. The summed E-state index contributed by atoms with van der Waals surface area (Å²) in [5, 5.41) is 10.1. The summed E-state index contributed by atoms with van der Waals surface area (Å²) in [7, 11) is 0.879. The first-order chi connectivity index (χ1) is 12.1. The number of carboxylic acid groups (broad SMARTS) is 1. The molecule has 0 N–H and O–H groups in total. The SMILES string of the molecule is COC(=O)c1cc(I)cc(I)c1OC(=O)C(F)(F)C(F)(F)C(F)(F)C(=O)[O-]. The lowest BCUT2D eigenvalue weighted by molar-refractivity contribution is -0.365. The Bertz CT molecular complexity index is 798. The van der Waals surface area contributed by atoms with E-state index in [1.54, 1.807) is 22.6 Å². The summed E-state index contributed by atoms with van der Waals surface area (Å²) >= 11 is 3.08. The number of alkyl halides is 6. The van der Waals surface area contributed by atoms with Crippen molar-refractivity contribution >= 4 is 63.1 Å². The Morgan fingerprint density at radius 2 is 1.52 bits per heavy atom. The highest BCUT2D eigenvalue weighted by Gasteiger charge is 2.76. The summed E-state index contributed by atoms with van der Waals surface area (Å²) in [5.41, 5.74) is -0.632. The minimum absolute atomic E-state index is 0.195. The Morgan fingerprint density at radius 1 is 1.00 bits per heavy atom. The molecule has 0 aromatic heterocycles. The van der Waals surface area contributed by atoms with Crippen molar-refractivity contribution in [3.8, 4) is 5.75 Å². The highest BCUT2D eigenvalue weighted by molar-refractivity contribution is 14.1. The molecule has 0 saturated heterocycles. The van der Waals surface area contributed by atoms with Crippen LogP contribution in [0.2, 0.25) is 0 Å². The van der Waals surface area contributed by atoms with E-state index in [0.717, 1.165) is 13.2 Å². The number of carbonyl (C=O) groups is 3. The van der Waals surface area contributed by atoms with Crippen molar-refractivity contribution in [3.63, 3.8) is 0 Å². The first kappa shape index (κ1) is 23.7. The van der Waals surface area contributed by atoms with Crippen LogP contribution in [0.5, 0.6) is 5.75 Å². The van der Waals surface area contributed by atoms with Gasteiger partial charge < -0.3 is 19.4 Å². The van der Waals surface area contributed by atoms with Crippen LogP contribution in [0.4, 0.5) is 26.3 Å². The molecule has 27 heavy (non-hydrogen) atoms. The third-order valence-corrected chi connectivity index (χ3v) is 4.33. The van der Waals surface area contributed by atoms with Gasteiger partial charge in [-0.3, -0.25) is 0 Å². The van der Waals surface area contributed by atoms with Gasteiger partial charge in [-0.05, 0) is 57.3 Å². The molecule has 0 aliphatic carbocycles. The Labute approximate surface area is 173 Å². The number of ether oxygens (including phenoxy) is 2. The Hall–Kier alpha value is -1.33. The average molecular weight is 625 g/mol. The van der Waals surface area contributed by atoms with Crippen LogP contribution in [0.1, 0.15) is 10.4 Å². The van der Waals surface area contributed by atoms with Gasteiger partial charge in [0.2, 0.25) is 0 Å². The molecular formula is C13H5F6I2O6-. The molecule has 0 aliphatic rings. The zero-order valence-corrected chi connectivity index (χ0v) is 16.9. The average Bonchev–Trinajstić information content (AvgIpc) is 2.55. The van der Waals surface area contributed by atoms with E-state index in [0.29, 0.717) is 3.57 Å². The predicted octanol–water partition coefficient (Wildman–Crippen LogP) is 2.24. The van der Waals surface area contributed by atoms with Crippen molar-refractivity contribution in [1.29, 1.82) is 0 Å². The van der Waals surface area contributed by atoms with Crippen LogP contribution in [-0.2, 0) is 14.3 Å². The highest BCUT2D eigenvalue weighted by atomic mass is 127. The van der Waals surface area contributed by atoms with E-state index in [1.165, 1.54) is 28.7 Å². The Kier molecular flexibility index (Phi) is 6.99. The second kappa shape index (κ2) is 7.96. The zero-order valence-electron chi connectivity index (χ0n) is 12.6. The lowest BCUT2D eigenvalue weighted by atomic mass is 10.0. The molecule has 0 radical (unpaired) electrons. The van der Waals surface area contributed by atoms with Crippen LogP contribution in [-0.4, -0.2) is 42.8 Å². The molecule has 1 aromatic rings. The largest absolute Gasteiger partial charge is 0.544 e. The lowest BCUT2D eigenvalue weighted by Gasteiger charge is -2.31. The molecule has 1 aromatic carbocycles. The van der Waals surface area contributed by atoms with Crippen molar-refractivity contribution in [3.05, 3.63) is 24.8 Å². The molecule has 0 bridgehead atoms. The van der Waals surface area contributed by atoms with E-state index in [9.17, 15) is 45.8 Å². The third-order valence-electron chi connectivity index (χ3n) is 2.91. The van der Waals surface area contributed by atoms with E-state index in [4.69, 9.17) is 0 Å². The fraction of sp³-hybridized carbons (Fsp3) is 0.308. The fourth-order valence-electron chi connectivity index (χ4n) is 1.54. The predicted molar refractivity (Wildman–Crippen MR) is 88.7 cm³/mol. The quantitative estimate of drug-likeness (QED) is 0.209. The van der Waals surface area contributed by atoms with Crippen molar-refractivity contribution in [1.82, 2.24) is 0 Å². The lowest BCUT2D eigenvalue weighted by Crippen LogP contribution is -2.64. The number of hydrogen-bond donors (Lipinski definition) is 0. The van der Waals surface area contributed by atoms with Gasteiger partial charge in [0.15, 0.2) is 5.75 Å². The third kappa shape index (κ3) is 4.24. The number of esters is 2. The molecular weight excluding hydrogens is 620 g/mol. The summed E-state index contributed by atoms with van der Waals surface area (Å²) in [6.07, 6.45) is 0. The van der Waals surface area contributed by atoms with Gasteiger partial charge in [-0.2, -0.15) is 26.3 Å². The topological polar surface area (TPSA) is 92.7 Å². The van der Waals surface area contributed by atoms with Gasteiger partial charge in [0, 0.05) is 3.57 Å². The fourth-order valence-corrected chi connectivity index (χ4v) is 3.49. The molecule has 0 spiro atoms. The maximum absolute atomic E-state index is 13.6. The molecule has 0 fully saturated rings. The van der Waals surface area contributed by atoms with Crippen molar-refractivity contribution in [2.45, 2.75) is 17.8 Å². The van der Waals surface area contributed by atoms with E-state index >= 15 is 0 Å². The van der Waals surface area contributed by atoms with Gasteiger partial charge in [-0.1, -0.05) is 0 Å². The molecule has 0 aliphatic heterocycles. The van der Waals surface area contributed by atoms with Crippen LogP contribution >= 0.6 is 45.2 Å². The number of hydrogen-bond acceptors (Lipinski definition) is 6. The van der Waals surface area contributed by atoms with Crippen LogP contribution in [0.3, 0.4) is 0 Å². The second-order valence-corrected chi connectivity index (χ2v) is 7.06. The van der Waals surface area contributed by atoms with E-state index < -0.39 is 47.0 Å². The number of rotatable bonds is 6. The summed E-state index contributed by atoms with van der Waals surface area (Å²) in [4.78, 5) is 33.2. The summed E-state index contributed by atoms with van der Waals surface area (Å²) in [6.45, 7) is 0. The van der Waals surface area contributed by atoms with Crippen LogP contribution < -0.4 is 9.84 Å². The normalized spacial score (nSPS) is 12.5. The van der Waals surface area contributed by atoms with Crippen molar-refractivity contribution < 1.29 is 55.3 Å². The van der Waals surface area contributed by atoms with E-state index in [-0.39, 0.29) is 3.57 Å². The molecule has 6 nitrogen and oxygen atoms in total. The Balaban J connectivity index is 3.41. The van der Waals surface area contributed by atoms with Gasteiger partial charge in [-0.25, -0.2) is 9.59 Å². The van der Waals surface area contributed by atoms with Gasteiger partial charge >= 0.3 is 29.7 Å². The standard InChI is InChI=1S/C13H6F6I2O6/c1-26-8(22)5-2-4(20)3-6(21)7(5)27-10(25)12(16,17)13(18,19)11(14,15)9(23)24/h2-3H,1H3,(H,23,24)/p-1. The molecule has 1 rings (SSSR count). The number of methoxy groups -OCH3 is 1. The number of aliphatic carboxylic acids is 1.